The second-order valence-corrected chi connectivity index (χ2v) is 9.97. The van der Waals surface area contributed by atoms with E-state index >= 15 is 0 Å². The normalized spacial score (nSPS) is 19.9. The number of allylic oxidation sites excluding steroid dienone is 2. The van der Waals surface area contributed by atoms with Gasteiger partial charge in [-0.1, -0.05) is 48.5 Å². The van der Waals surface area contributed by atoms with E-state index in [-0.39, 0.29) is 6.17 Å². The predicted molar refractivity (Wildman–Crippen MR) is 146 cm³/mol. The maximum absolute atomic E-state index is 6.35. The molecule has 2 aliphatic heterocycles. The first-order valence-electron chi connectivity index (χ1n) is 12.9. The van der Waals surface area contributed by atoms with Crippen molar-refractivity contribution >= 4 is 22.5 Å². The minimum Gasteiger partial charge on any atom is -0.372 e. The second-order valence-electron chi connectivity index (χ2n) is 9.97. The second kappa shape index (κ2) is 9.37. The molecule has 4 N–H and O–H groups in total. The first kappa shape index (κ1) is 22.1. The Labute approximate surface area is 208 Å². The number of hydrogen-bond donors (Lipinski definition) is 3. The Balaban J connectivity index is 1.32. The van der Waals surface area contributed by atoms with E-state index in [0.717, 1.165) is 25.1 Å². The molecular weight excluding hydrogens is 428 g/mol. The Morgan fingerprint density at radius 2 is 1.97 bits per heavy atom. The van der Waals surface area contributed by atoms with Crippen LogP contribution in [0.2, 0.25) is 0 Å². The van der Waals surface area contributed by atoms with Crippen molar-refractivity contribution < 1.29 is 0 Å². The molecule has 3 aliphatic rings. The average molecular weight is 463 g/mol. The molecule has 0 saturated heterocycles. The molecule has 1 aliphatic carbocycles. The van der Waals surface area contributed by atoms with E-state index in [0.29, 0.717) is 6.04 Å². The number of hydrogen-bond acceptors (Lipinski definition) is 4. The van der Waals surface area contributed by atoms with Crippen LogP contribution >= 0.6 is 0 Å². The third kappa shape index (κ3) is 4.18. The van der Waals surface area contributed by atoms with Crippen LogP contribution in [0, 0.1) is 0 Å². The molecule has 0 aromatic heterocycles. The molecule has 6 rings (SSSR count). The van der Waals surface area contributed by atoms with E-state index in [9.17, 15) is 0 Å². The average Bonchev–Trinajstić information content (AvgIpc) is 3.25. The zero-order valence-corrected chi connectivity index (χ0v) is 20.4. The van der Waals surface area contributed by atoms with Crippen molar-refractivity contribution in [3.63, 3.8) is 0 Å². The largest absolute Gasteiger partial charge is 0.372 e. The summed E-state index contributed by atoms with van der Waals surface area (Å²) in [6.45, 7) is 4.21. The molecule has 2 unspecified atom stereocenters. The Kier molecular flexibility index (Phi) is 5.93. The summed E-state index contributed by atoms with van der Waals surface area (Å²) >= 11 is 0. The highest BCUT2D eigenvalue weighted by molar-refractivity contribution is 5.93. The SMILES string of the molecule is C/C(=C\NC(N)c1ccccc1)c1ccc2c(c1)C1=CCCCC1N2c1ccc2c(c1)CCNC2. The lowest BCUT2D eigenvalue weighted by atomic mass is 9.90. The highest BCUT2D eigenvalue weighted by Gasteiger charge is 2.36. The monoisotopic (exact) mass is 462 g/mol. The molecule has 4 heteroatoms. The zero-order valence-electron chi connectivity index (χ0n) is 20.4. The summed E-state index contributed by atoms with van der Waals surface area (Å²) in [6.07, 6.45) is 9.04. The van der Waals surface area contributed by atoms with E-state index in [1.807, 2.05) is 18.2 Å². The van der Waals surface area contributed by atoms with Crippen molar-refractivity contribution in [2.75, 3.05) is 11.4 Å². The van der Waals surface area contributed by atoms with Crippen LogP contribution in [0.5, 0.6) is 0 Å². The minimum atomic E-state index is -0.222. The predicted octanol–water partition coefficient (Wildman–Crippen LogP) is 6.03. The molecule has 3 aromatic carbocycles. The van der Waals surface area contributed by atoms with Crippen LogP contribution < -0.4 is 21.3 Å². The quantitative estimate of drug-likeness (QED) is 0.405. The van der Waals surface area contributed by atoms with E-state index in [4.69, 9.17) is 5.73 Å². The lowest BCUT2D eigenvalue weighted by molar-refractivity contribution is 0.640. The lowest BCUT2D eigenvalue weighted by Crippen LogP contribution is -2.29. The first-order valence-corrected chi connectivity index (χ1v) is 12.9. The van der Waals surface area contributed by atoms with Gasteiger partial charge in [0, 0.05) is 29.7 Å². The minimum absolute atomic E-state index is 0.222. The summed E-state index contributed by atoms with van der Waals surface area (Å²) in [5.74, 6) is 0. The molecule has 0 bridgehead atoms. The van der Waals surface area contributed by atoms with Gasteiger partial charge in [0.15, 0.2) is 0 Å². The maximum Gasteiger partial charge on any atom is 0.100 e. The molecule has 4 nitrogen and oxygen atoms in total. The molecule has 2 heterocycles. The molecule has 0 amide bonds. The first-order chi connectivity index (χ1) is 17.2. The van der Waals surface area contributed by atoms with Gasteiger partial charge in [-0.3, -0.25) is 0 Å². The number of fused-ring (bicyclic) bond motifs is 4. The fraction of sp³-hybridized carbons (Fsp3) is 0.290. The van der Waals surface area contributed by atoms with Gasteiger partial charge >= 0.3 is 0 Å². The van der Waals surface area contributed by atoms with Crippen molar-refractivity contribution in [2.24, 2.45) is 5.73 Å². The Bertz CT molecular complexity index is 1290. The smallest absolute Gasteiger partial charge is 0.100 e. The third-order valence-electron chi connectivity index (χ3n) is 7.73. The van der Waals surface area contributed by atoms with Crippen LogP contribution in [-0.4, -0.2) is 12.6 Å². The summed E-state index contributed by atoms with van der Waals surface area (Å²) < 4.78 is 0. The lowest BCUT2D eigenvalue weighted by Gasteiger charge is -2.31. The van der Waals surface area contributed by atoms with Gasteiger partial charge in [-0.25, -0.2) is 0 Å². The van der Waals surface area contributed by atoms with Crippen molar-refractivity contribution in [3.05, 3.63) is 107 Å². The van der Waals surface area contributed by atoms with Gasteiger partial charge in [0.2, 0.25) is 0 Å². The fourth-order valence-corrected chi connectivity index (χ4v) is 5.80. The highest BCUT2D eigenvalue weighted by atomic mass is 15.2. The standard InChI is InChI=1S/C31H34N4/c1-21(19-34-31(32)22-7-3-2-4-8-22)23-12-14-30-28(18-23)27-9-5-6-10-29(27)35(30)26-13-11-25-20-33-16-15-24(25)17-26/h2-4,7-9,11-14,17-19,29,31,33-34H,5-6,10,15-16,20,32H2,1H3/b21-19+. The van der Waals surface area contributed by atoms with Crippen LogP contribution in [-0.2, 0) is 13.0 Å². The summed E-state index contributed by atoms with van der Waals surface area (Å²) in [4.78, 5) is 2.59. The number of rotatable bonds is 5. The van der Waals surface area contributed by atoms with Crippen LogP contribution in [0.3, 0.4) is 0 Å². The van der Waals surface area contributed by atoms with Crippen LogP contribution in [0.1, 0.15) is 60.2 Å². The van der Waals surface area contributed by atoms with E-state index in [2.05, 4.69) is 83.3 Å². The molecule has 2 atom stereocenters. The number of anilines is 2. The molecule has 0 radical (unpaired) electrons. The van der Waals surface area contributed by atoms with Crippen LogP contribution in [0.4, 0.5) is 11.4 Å². The highest BCUT2D eigenvalue weighted by Crippen LogP contribution is 2.49. The zero-order chi connectivity index (χ0) is 23.8. The van der Waals surface area contributed by atoms with Crippen LogP contribution in [0.15, 0.2) is 79.0 Å². The fourth-order valence-electron chi connectivity index (χ4n) is 5.80. The van der Waals surface area contributed by atoms with Gasteiger partial charge in [-0.15, -0.1) is 0 Å². The van der Waals surface area contributed by atoms with Crippen molar-refractivity contribution in [2.45, 2.75) is 51.4 Å². The van der Waals surface area contributed by atoms with Crippen molar-refractivity contribution in [3.8, 4) is 0 Å². The molecule has 0 fully saturated rings. The maximum atomic E-state index is 6.35. The topological polar surface area (TPSA) is 53.3 Å². The Hall–Kier alpha value is -3.34. The third-order valence-corrected chi connectivity index (χ3v) is 7.73. The van der Waals surface area contributed by atoms with E-state index in [1.54, 1.807) is 0 Å². The number of nitrogens with one attached hydrogen (secondary N) is 2. The summed E-state index contributed by atoms with van der Waals surface area (Å²) in [5.41, 5.74) is 18.3. The van der Waals surface area contributed by atoms with Gasteiger partial charge in [-0.05, 0) is 96.8 Å². The van der Waals surface area contributed by atoms with E-state index in [1.165, 1.54) is 64.0 Å². The van der Waals surface area contributed by atoms with Gasteiger partial charge in [0.1, 0.15) is 6.17 Å². The molecule has 178 valence electrons. The van der Waals surface area contributed by atoms with Gasteiger partial charge in [-0.2, -0.15) is 0 Å². The summed E-state index contributed by atoms with van der Waals surface area (Å²) in [7, 11) is 0. The van der Waals surface area contributed by atoms with Crippen LogP contribution in [0.25, 0.3) is 11.1 Å². The molecular formula is C31H34N4. The number of nitrogens with zero attached hydrogens (tertiary/aromatic N) is 1. The van der Waals surface area contributed by atoms with Gasteiger partial charge < -0.3 is 21.3 Å². The van der Waals surface area contributed by atoms with E-state index < -0.39 is 0 Å². The Morgan fingerprint density at radius 1 is 1.09 bits per heavy atom. The summed E-state index contributed by atoms with van der Waals surface area (Å²) in [6, 6.07) is 24.6. The molecule has 3 aromatic rings. The van der Waals surface area contributed by atoms with Crippen molar-refractivity contribution in [1.29, 1.82) is 0 Å². The number of nitrogens with two attached hydrogens (primary N) is 1. The Morgan fingerprint density at radius 3 is 2.86 bits per heavy atom. The number of benzene rings is 3. The summed E-state index contributed by atoms with van der Waals surface area (Å²) in [5, 5.41) is 6.86. The molecule has 0 spiro atoms. The molecule has 0 saturated carbocycles. The molecule has 35 heavy (non-hydrogen) atoms. The van der Waals surface area contributed by atoms with Gasteiger partial charge in [0.05, 0.1) is 6.04 Å². The van der Waals surface area contributed by atoms with Crippen molar-refractivity contribution in [1.82, 2.24) is 10.6 Å². The van der Waals surface area contributed by atoms with Gasteiger partial charge in [0.25, 0.3) is 0 Å².